The molecule has 0 amide bonds. The van der Waals surface area contributed by atoms with Gasteiger partial charge in [0.1, 0.15) is 0 Å². The van der Waals surface area contributed by atoms with Crippen LogP contribution in [0.5, 0.6) is 0 Å². The number of anilines is 1. The van der Waals surface area contributed by atoms with Crippen LogP contribution in [0.3, 0.4) is 0 Å². The Morgan fingerprint density at radius 2 is 2.00 bits per heavy atom. The zero-order valence-corrected chi connectivity index (χ0v) is 12.4. The van der Waals surface area contributed by atoms with E-state index in [0.29, 0.717) is 0 Å². The topological polar surface area (TPSA) is 15.3 Å². The molecule has 0 saturated heterocycles. The molecular formula is C17H28N2. The lowest BCUT2D eigenvalue weighted by atomic mass is 9.86. The molecule has 1 aliphatic carbocycles. The third-order valence-corrected chi connectivity index (χ3v) is 4.32. The average Bonchev–Trinajstić information content (AvgIpc) is 2.44. The predicted molar refractivity (Wildman–Crippen MR) is 83.6 cm³/mol. The molecule has 1 aromatic carbocycles. The van der Waals surface area contributed by atoms with Crippen molar-refractivity contribution in [1.29, 1.82) is 0 Å². The Bertz CT molecular complexity index is 350. The summed E-state index contributed by atoms with van der Waals surface area (Å²) in [5.74, 6) is 0.920. The van der Waals surface area contributed by atoms with Crippen molar-refractivity contribution < 1.29 is 0 Å². The van der Waals surface area contributed by atoms with E-state index in [2.05, 4.69) is 54.5 Å². The molecule has 1 N–H and O–H groups in total. The first-order valence-corrected chi connectivity index (χ1v) is 7.75. The summed E-state index contributed by atoms with van der Waals surface area (Å²) in [5.41, 5.74) is 1.23. The summed E-state index contributed by atoms with van der Waals surface area (Å²) in [4.78, 5) is 2.57. The molecule has 2 rings (SSSR count). The molecule has 1 aromatic rings. The van der Waals surface area contributed by atoms with Gasteiger partial charge in [0.05, 0.1) is 0 Å². The zero-order valence-electron chi connectivity index (χ0n) is 12.4. The lowest BCUT2D eigenvalue weighted by Gasteiger charge is -2.34. The van der Waals surface area contributed by atoms with Crippen LogP contribution in [0.15, 0.2) is 30.3 Å². The highest BCUT2D eigenvalue weighted by molar-refractivity contribution is 5.42. The van der Waals surface area contributed by atoms with Crippen LogP contribution < -0.4 is 5.32 Å². The second kappa shape index (κ2) is 7.54. The van der Waals surface area contributed by atoms with Gasteiger partial charge in [-0.05, 0) is 50.9 Å². The van der Waals surface area contributed by atoms with E-state index < -0.39 is 0 Å². The molecule has 2 unspecified atom stereocenters. The molecule has 2 nitrogen and oxygen atoms in total. The van der Waals surface area contributed by atoms with Gasteiger partial charge in [-0.3, -0.25) is 0 Å². The first-order chi connectivity index (χ1) is 9.25. The number of para-hydroxylation sites is 1. The highest BCUT2D eigenvalue weighted by Gasteiger charge is 2.21. The van der Waals surface area contributed by atoms with Gasteiger partial charge < -0.3 is 10.2 Å². The molecule has 0 radical (unpaired) electrons. The minimum Gasteiger partial charge on any atom is -0.385 e. The second-order valence-electron chi connectivity index (χ2n) is 6.05. The summed E-state index contributed by atoms with van der Waals surface area (Å²) in [6.07, 6.45) is 6.85. The Hall–Kier alpha value is -1.02. The number of benzene rings is 1. The highest BCUT2D eigenvalue weighted by atomic mass is 15.1. The van der Waals surface area contributed by atoms with Crippen LogP contribution in [-0.4, -0.2) is 31.1 Å². The lowest BCUT2D eigenvalue weighted by molar-refractivity contribution is 0.164. The maximum atomic E-state index is 3.49. The van der Waals surface area contributed by atoms with E-state index in [1.165, 1.54) is 44.3 Å². The molecule has 106 valence electrons. The van der Waals surface area contributed by atoms with Crippen LogP contribution in [0.25, 0.3) is 0 Å². The molecule has 2 atom stereocenters. The first kappa shape index (κ1) is 14.4. The van der Waals surface area contributed by atoms with Gasteiger partial charge in [0.15, 0.2) is 0 Å². The molecule has 2 heteroatoms. The van der Waals surface area contributed by atoms with Crippen LogP contribution in [0.1, 0.15) is 39.0 Å². The van der Waals surface area contributed by atoms with E-state index in [0.717, 1.165) is 18.5 Å². The SMILES string of the molecule is CC1CCCC(N(C)CCCNc2ccccc2)C1. The number of nitrogens with one attached hydrogen (secondary N) is 1. The van der Waals surface area contributed by atoms with Crippen molar-refractivity contribution >= 4 is 5.69 Å². The molecule has 0 bridgehead atoms. The van der Waals surface area contributed by atoms with Gasteiger partial charge in [-0.2, -0.15) is 0 Å². The minimum absolute atomic E-state index is 0.820. The van der Waals surface area contributed by atoms with Gasteiger partial charge in [0.25, 0.3) is 0 Å². The maximum absolute atomic E-state index is 3.49. The Labute approximate surface area is 118 Å². The minimum atomic E-state index is 0.820. The Kier molecular flexibility index (Phi) is 5.71. The summed E-state index contributed by atoms with van der Waals surface area (Å²) in [6, 6.07) is 11.3. The third kappa shape index (κ3) is 4.87. The Balaban J connectivity index is 1.62. The van der Waals surface area contributed by atoms with Crippen LogP contribution in [0.4, 0.5) is 5.69 Å². The second-order valence-corrected chi connectivity index (χ2v) is 6.05. The fourth-order valence-electron chi connectivity index (χ4n) is 3.10. The fourth-order valence-corrected chi connectivity index (χ4v) is 3.10. The van der Waals surface area contributed by atoms with Crippen molar-refractivity contribution in [3.05, 3.63) is 30.3 Å². The van der Waals surface area contributed by atoms with E-state index in [4.69, 9.17) is 0 Å². The van der Waals surface area contributed by atoms with E-state index in [9.17, 15) is 0 Å². The molecule has 1 fully saturated rings. The number of rotatable bonds is 6. The summed E-state index contributed by atoms with van der Waals surface area (Å²) >= 11 is 0. The Morgan fingerprint density at radius 3 is 2.74 bits per heavy atom. The van der Waals surface area contributed by atoms with Gasteiger partial charge >= 0.3 is 0 Å². The number of nitrogens with zero attached hydrogens (tertiary/aromatic N) is 1. The number of hydrogen-bond acceptors (Lipinski definition) is 2. The molecule has 0 spiro atoms. The van der Waals surface area contributed by atoms with Crippen molar-refractivity contribution in [3.8, 4) is 0 Å². The summed E-state index contributed by atoms with van der Waals surface area (Å²) < 4.78 is 0. The average molecular weight is 260 g/mol. The normalized spacial score (nSPS) is 23.5. The largest absolute Gasteiger partial charge is 0.385 e. The van der Waals surface area contributed by atoms with Crippen molar-refractivity contribution in [2.45, 2.75) is 45.1 Å². The van der Waals surface area contributed by atoms with Gasteiger partial charge in [0.2, 0.25) is 0 Å². The van der Waals surface area contributed by atoms with Gasteiger partial charge in [-0.25, -0.2) is 0 Å². The summed E-state index contributed by atoms with van der Waals surface area (Å²) in [7, 11) is 2.30. The fraction of sp³-hybridized carbons (Fsp3) is 0.647. The predicted octanol–water partition coefficient (Wildman–Crippen LogP) is 4.00. The van der Waals surface area contributed by atoms with Crippen LogP contribution in [-0.2, 0) is 0 Å². The third-order valence-electron chi connectivity index (χ3n) is 4.32. The van der Waals surface area contributed by atoms with Gasteiger partial charge in [0, 0.05) is 18.3 Å². The monoisotopic (exact) mass is 260 g/mol. The van der Waals surface area contributed by atoms with Gasteiger partial charge in [-0.1, -0.05) is 38.0 Å². The van der Waals surface area contributed by atoms with Crippen molar-refractivity contribution in [1.82, 2.24) is 4.90 Å². The van der Waals surface area contributed by atoms with Crippen LogP contribution in [0.2, 0.25) is 0 Å². The Morgan fingerprint density at radius 1 is 1.21 bits per heavy atom. The first-order valence-electron chi connectivity index (χ1n) is 7.75. The van der Waals surface area contributed by atoms with Gasteiger partial charge in [-0.15, -0.1) is 0 Å². The maximum Gasteiger partial charge on any atom is 0.0340 e. The molecule has 1 saturated carbocycles. The van der Waals surface area contributed by atoms with E-state index in [1.54, 1.807) is 0 Å². The highest BCUT2D eigenvalue weighted by Crippen LogP contribution is 2.26. The van der Waals surface area contributed by atoms with Crippen molar-refractivity contribution in [2.75, 3.05) is 25.5 Å². The molecule has 19 heavy (non-hydrogen) atoms. The smallest absolute Gasteiger partial charge is 0.0340 e. The van der Waals surface area contributed by atoms with E-state index in [-0.39, 0.29) is 0 Å². The molecular weight excluding hydrogens is 232 g/mol. The summed E-state index contributed by atoms with van der Waals surface area (Å²) in [5, 5.41) is 3.49. The lowest BCUT2D eigenvalue weighted by Crippen LogP contribution is -2.36. The van der Waals surface area contributed by atoms with E-state index >= 15 is 0 Å². The van der Waals surface area contributed by atoms with Crippen LogP contribution in [0, 0.1) is 5.92 Å². The number of hydrogen-bond donors (Lipinski definition) is 1. The molecule has 0 aliphatic heterocycles. The molecule has 1 aliphatic rings. The zero-order chi connectivity index (χ0) is 13.5. The van der Waals surface area contributed by atoms with Crippen LogP contribution >= 0.6 is 0 Å². The van der Waals surface area contributed by atoms with Crippen molar-refractivity contribution in [3.63, 3.8) is 0 Å². The molecule has 0 heterocycles. The van der Waals surface area contributed by atoms with E-state index in [1.807, 2.05) is 0 Å². The quantitative estimate of drug-likeness (QED) is 0.778. The standard InChI is InChI=1S/C17H28N2/c1-15-8-6-11-17(14-15)19(2)13-7-12-18-16-9-4-3-5-10-16/h3-5,9-10,15,17-18H,6-8,11-14H2,1-2H3. The van der Waals surface area contributed by atoms with Crippen molar-refractivity contribution in [2.24, 2.45) is 5.92 Å². The molecule has 0 aromatic heterocycles. The summed E-state index contributed by atoms with van der Waals surface area (Å²) in [6.45, 7) is 4.67.